The summed E-state index contributed by atoms with van der Waals surface area (Å²) in [5.41, 5.74) is 1.14. The van der Waals surface area contributed by atoms with Crippen molar-refractivity contribution < 1.29 is 33.0 Å². The maximum absolute atomic E-state index is 16.6. The fourth-order valence-electron chi connectivity index (χ4n) is 10.6. The SMILES string of the molecule is CNC(=O)COc1cc2cc(Nc3nc(N4CCC(F)(CN5CCC6(CC5)CCN(c5c(F)ccc7c5C(=O)N(C5CCC(=O)NC5O)C7)CC6)CC4)ncc3Cl)ccc2n(C(C)C)c1=O. The zero-order chi connectivity index (χ0) is 46.5. The average Bonchev–Trinajstić information content (AvgIpc) is 3.62. The molecule has 2 aromatic carbocycles. The minimum atomic E-state index is -1.37. The van der Waals surface area contributed by atoms with Crippen molar-refractivity contribution in [3.63, 3.8) is 0 Å². The van der Waals surface area contributed by atoms with Gasteiger partial charge in [-0.15, -0.1) is 0 Å². The number of hydrogen-bond acceptors (Lipinski definition) is 12. The van der Waals surface area contributed by atoms with Crippen LogP contribution in [0, 0.1) is 11.2 Å². The average molecular weight is 931 g/mol. The standard InChI is InChI=1S/C47H57ClF2N10O6/c1-28(2)60-34-7-5-31(22-30(34)23-36(43(60)64)66-26-38(62)51-3)53-41-32(48)24-52-45(55-41)58-20-14-47(50,15-21-58)27-56-16-10-46(11-17-56)12-18-57(19-13-46)40-33(49)6-4-29-25-59(44(65)39(29)40)35-8-9-37(61)54-42(35)63/h4-7,22-24,28,35,42,63H,8-21,25-27H2,1-3H3,(H,51,62)(H,54,61)(H,52,53,55). The van der Waals surface area contributed by atoms with E-state index in [2.05, 4.69) is 25.8 Å². The van der Waals surface area contributed by atoms with E-state index in [9.17, 15) is 24.3 Å². The summed E-state index contributed by atoms with van der Waals surface area (Å²) in [6.45, 7) is 7.77. The smallest absolute Gasteiger partial charge is 0.293 e. The van der Waals surface area contributed by atoms with Crippen molar-refractivity contribution in [1.82, 2.24) is 35.0 Å². The number of nitrogens with one attached hydrogen (secondary N) is 3. The molecule has 4 saturated heterocycles. The van der Waals surface area contributed by atoms with Crippen molar-refractivity contribution in [2.75, 3.05) is 74.6 Å². The Kier molecular flexibility index (Phi) is 12.6. The molecule has 0 radical (unpaired) electrons. The van der Waals surface area contributed by atoms with Crippen molar-refractivity contribution in [2.24, 2.45) is 5.41 Å². The summed E-state index contributed by atoms with van der Waals surface area (Å²) in [6, 6.07) is 9.47. The molecule has 4 aromatic rings. The van der Waals surface area contributed by atoms with Gasteiger partial charge in [-0.2, -0.15) is 4.98 Å². The molecule has 0 bridgehead atoms. The second-order valence-electron chi connectivity index (χ2n) is 18.9. The van der Waals surface area contributed by atoms with Gasteiger partial charge in [0, 0.05) is 82.7 Å². The molecule has 2 unspecified atom stereocenters. The molecule has 4 N–H and O–H groups in total. The van der Waals surface area contributed by atoms with E-state index in [1.807, 2.05) is 41.8 Å². The predicted molar refractivity (Wildman–Crippen MR) is 247 cm³/mol. The molecule has 66 heavy (non-hydrogen) atoms. The number of rotatable bonds is 11. The van der Waals surface area contributed by atoms with Gasteiger partial charge in [0.15, 0.2) is 18.2 Å². The summed E-state index contributed by atoms with van der Waals surface area (Å²) in [4.78, 5) is 67.7. The van der Waals surface area contributed by atoms with E-state index in [0.717, 1.165) is 44.3 Å². The molecule has 0 saturated carbocycles. The van der Waals surface area contributed by atoms with Crippen molar-refractivity contribution >= 4 is 63.4 Å². The Balaban J connectivity index is 0.785. The van der Waals surface area contributed by atoms with E-state index >= 15 is 8.78 Å². The molecule has 352 valence electrons. The minimum absolute atomic E-state index is 0.0611. The number of aromatic nitrogens is 3. The van der Waals surface area contributed by atoms with Crippen LogP contribution in [0.3, 0.4) is 0 Å². The van der Waals surface area contributed by atoms with E-state index in [-0.39, 0.29) is 60.1 Å². The van der Waals surface area contributed by atoms with E-state index in [4.69, 9.17) is 21.3 Å². The lowest BCUT2D eigenvalue weighted by Crippen LogP contribution is -2.55. The first kappa shape index (κ1) is 45.6. The van der Waals surface area contributed by atoms with Gasteiger partial charge in [0.1, 0.15) is 22.7 Å². The molecular formula is C47H57ClF2N10O6. The maximum Gasteiger partial charge on any atom is 0.293 e. The molecule has 2 aromatic heterocycles. The van der Waals surface area contributed by atoms with Crippen LogP contribution in [0.15, 0.2) is 47.4 Å². The highest BCUT2D eigenvalue weighted by atomic mass is 35.5. The molecule has 19 heteroatoms. The summed E-state index contributed by atoms with van der Waals surface area (Å²) in [5.74, 6) is -0.479. The van der Waals surface area contributed by atoms with Gasteiger partial charge < -0.3 is 50.0 Å². The molecule has 0 aliphatic carbocycles. The van der Waals surface area contributed by atoms with Gasteiger partial charge in [0.05, 0.1) is 29.0 Å². The number of aliphatic hydroxyl groups excluding tert-OH is 1. The zero-order valence-corrected chi connectivity index (χ0v) is 38.3. The molecule has 9 rings (SSSR count). The van der Waals surface area contributed by atoms with Crippen LogP contribution in [-0.4, -0.2) is 125 Å². The van der Waals surface area contributed by atoms with Gasteiger partial charge in [-0.3, -0.25) is 19.2 Å². The molecule has 7 heterocycles. The number of pyridine rings is 1. The Morgan fingerprint density at radius 2 is 1.71 bits per heavy atom. The molecule has 16 nitrogen and oxygen atoms in total. The second-order valence-corrected chi connectivity index (χ2v) is 19.3. The highest BCUT2D eigenvalue weighted by Crippen LogP contribution is 2.45. The van der Waals surface area contributed by atoms with E-state index in [1.54, 1.807) is 21.6 Å². The topological polar surface area (TPSA) is 178 Å². The van der Waals surface area contributed by atoms with Gasteiger partial charge >= 0.3 is 0 Å². The molecule has 3 amide bonds. The van der Waals surface area contributed by atoms with Crippen molar-refractivity contribution in [3.8, 4) is 5.75 Å². The Morgan fingerprint density at radius 1 is 1.00 bits per heavy atom. The van der Waals surface area contributed by atoms with Crippen LogP contribution in [0.1, 0.15) is 87.2 Å². The molecule has 1 spiro atoms. The van der Waals surface area contributed by atoms with Crippen molar-refractivity contribution in [2.45, 2.75) is 95.7 Å². The number of ether oxygens (including phenoxy) is 1. The molecule has 5 aliphatic rings. The number of likely N-dealkylation sites (N-methyl/N-ethyl adjacent to an activating group) is 1. The number of aliphatic hydroxyl groups is 1. The fraction of sp³-hybridized carbons (Fsp3) is 0.532. The van der Waals surface area contributed by atoms with Crippen LogP contribution in [0.25, 0.3) is 10.9 Å². The summed E-state index contributed by atoms with van der Waals surface area (Å²) in [6.07, 6.45) is 5.11. The quantitative estimate of drug-likeness (QED) is 0.153. The summed E-state index contributed by atoms with van der Waals surface area (Å²) >= 11 is 6.59. The van der Waals surface area contributed by atoms with Crippen LogP contribution in [-0.2, 0) is 16.1 Å². The Hall–Kier alpha value is -5.59. The van der Waals surface area contributed by atoms with Gasteiger partial charge in [0.25, 0.3) is 17.4 Å². The van der Waals surface area contributed by atoms with Gasteiger partial charge in [0.2, 0.25) is 11.9 Å². The number of benzene rings is 2. The largest absolute Gasteiger partial charge is 0.478 e. The fourth-order valence-corrected chi connectivity index (χ4v) is 10.7. The van der Waals surface area contributed by atoms with Crippen molar-refractivity contribution in [1.29, 1.82) is 0 Å². The Morgan fingerprint density at radius 3 is 2.41 bits per heavy atom. The van der Waals surface area contributed by atoms with Gasteiger partial charge in [-0.25, -0.2) is 13.8 Å². The lowest BCUT2D eigenvalue weighted by molar-refractivity contribution is -0.129. The number of carbonyl (C=O) groups excluding carboxylic acids is 3. The summed E-state index contributed by atoms with van der Waals surface area (Å²) in [7, 11) is 1.50. The number of hydrogen-bond donors (Lipinski definition) is 4. The molecule has 2 atom stereocenters. The number of anilines is 4. The van der Waals surface area contributed by atoms with Crippen LogP contribution >= 0.6 is 11.6 Å². The zero-order valence-electron chi connectivity index (χ0n) is 37.5. The first-order valence-corrected chi connectivity index (χ1v) is 23.3. The summed E-state index contributed by atoms with van der Waals surface area (Å²) < 4.78 is 39.4. The van der Waals surface area contributed by atoms with Crippen LogP contribution in [0.2, 0.25) is 5.02 Å². The number of carbonyl (C=O) groups is 3. The molecule has 4 fully saturated rings. The first-order valence-electron chi connectivity index (χ1n) is 23.0. The predicted octanol–water partition coefficient (Wildman–Crippen LogP) is 5.28. The first-order chi connectivity index (χ1) is 31.6. The van der Waals surface area contributed by atoms with E-state index in [1.165, 1.54) is 19.3 Å². The summed E-state index contributed by atoms with van der Waals surface area (Å²) in [5, 5.41) is 19.9. The normalized spacial score (nSPS) is 21.9. The van der Waals surface area contributed by atoms with E-state index < -0.39 is 23.8 Å². The lowest BCUT2D eigenvalue weighted by Gasteiger charge is -2.49. The number of amides is 3. The number of alkyl halides is 1. The van der Waals surface area contributed by atoms with Crippen LogP contribution in [0.4, 0.5) is 31.9 Å². The number of piperidine rings is 4. The van der Waals surface area contributed by atoms with Gasteiger partial charge in [-0.1, -0.05) is 17.7 Å². The second kappa shape index (κ2) is 18.2. The molecule has 5 aliphatic heterocycles. The third-order valence-electron chi connectivity index (χ3n) is 14.4. The Labute approximate surface area is 386 Å². The third-order valence-corrected chi connectivity index (χ3v) is 14.7. The monoisotopic (exact) mass is 930 g/mol. The van der Waals surface area contributed by atoms with Crippen LogP contribution in [0.5, 0.6) is 5.75 Å². The molecular weight excluding hydrogens is 874 g/mol. The Bertz CT molecular complexity index is 2590. The highest BCUT2D eigenvalue weighted by molar-refractivity contribution is 6.33. The highest BCUT2D eigenvalue weighted by Gasteiger charge is 2.45. The number of nitrogens with zero attached hydrogens (tertiary/aromatic N) is 7. The number of likely N-dealkylation sites (tertiary alicyclic amines) is 1. The van der Waals surface area contributed by atoms with Crippen LogP contribution < -0.4 is 36.0 Å². The van der Waals surface area contributed by atoms with E-state index in [0.29, 0.717) is 96.6 Å². The number of fused-ring (bicyclic) bond motifs is 2. The van der Waals surface area contributed by atoms with Crippen molar-refractivity contribution in [3.05, 3.63) is 74.9 Å². The number of halogens is 3. The maximum atomic E-state index is 16.6. The minimum Gasteiger partial charge on any atom is -0.478 e. The van der Waals surface area contributed by atoms with Gasteiger partial charge in [-0.05, 0) is 100 Å². The third kappa shape index (κ3) is 8.98. The lowest BCUT2D eigenvalue weighted by atomic mass is 9.71.